The van der Waals surface area contributed by atoms with Crippen molar-refractivity contribution in [2.24, 2.45) is 0 Å². The molecule has 178 valence electrons. The Kier molecular flexibility index (Phi) is 7.37. The number of carbonyl (C=O) groups excluding carboxylic acids is 1. The van der Waals surface area contributed by atoms with E-state index in [2.05, 4.69) is 22.3 Å². The minimum Gasteiger partial charge on any atom is -0.495 e. The van der Waals surface area contributed by atoms with Gasteiger partial charge < -0.3 is 15.0 Å². The van der Waals surface area contributed by atoms with Gasteiger partial charge in [-0.05, 0) is 54.8 Å². The van der Waals surface area contributed by atoms with E-state index in [1.807, 2.05) is 12.1 Å². The highest BCUT2D eigenvalue weighted by Gasteiger charge is 2.29. The van der Waals surface area contributed by atoms with Crippen molar-refractivity contribution in [1.82, 2.24) is 5.32 Å². The molecule has 8 heteroatoms. The lowest BCUT2D eigenvalue weighted by molar-refractivity contribution is -0.119. The van der Waals surface area contributed by atoms with Crippen molar-refractivity contribution >= 4 is 27.3 Å². The molecule has 3 aromatic carbocycles. The summed E-state index contributed by atoms with van der Waals surface area (Å²) >= 11 is 0. The maximum atomic E-state index is 13.5. The number of sulfonamides is 1. The molecule has 7 nitrogen and oxygen atoms in total. The molecule has 1 aliphatic heterocycles. The molecule has 4 rings (SSSR count). The van der Waals surface area contributed by atoms with Crippen LogP contribution >= 0.6 is 0 Å². The van der Waals surface area contributed by atoms with Crippen molar-refractivity contribution in [3.63, 3.8) is 0 Å². The van der Waals surface area contributed by atoms with Crippen LogP contribution in [0.3, 0.4) is 0 Å². The van der Waals surface area contributed by atoms with Crippen molar-refractivity contribution in [1.29, 1.82) is 0 Å². The molecule has 0 radical (unpaired) electrons. The Morgan fingerprint density at radius 1 is 0.941 bits per heavy atom. The average molecular weight is 480 g/mol. The van der Waals surface area contributed by atoms with E-state index in [9.17, 15) is 13.2 Å². The summed E-state index contributed by atoms with van der Waals surface area (Å²) in [5.41, 5.74) is 2.44. The van der Waals surface area contributed by atoms with Crippen LogP contribution in [0.25, 0.3) is 0 Å². The number of rotatable bonds is 9. The SMILES string of the molecule is COc1ccccc1N(CC(=O)NCc1ccc(N2CCCC2)cc1)S(=O)(=O)c1ccccc1. The number of hydrogen-bond donors (Lipinski definition) is 1. The second kappa shape index (κ2) is 10.6. The fourth-order valence-electron chi connectivity index (χ4n) is 4.04. The van der Waals surface area contributed by atoms with Gasteiger partial charge in [-0.2, -0.15) is 0 Å². The smallest absolute Gasteiger partial charge is 0.264 e. The summed E-state index contributed by atoms with van der Waals surface area (Å²) in [7, 11) is -2.52. The standard InChI is InChI=1S/C26H29N3O4S/c1-33-25-12-6-5-11-24(25)29(34(31,32)23-9-3-2-4-10-23)20-26(30)27-19-21-13-15-22(16-14-21)28-17-7-8-18-28/h2-6,9-16H,7-8,17-20H2,1H3,(H,27,30). The van der Waals surface area contributed by atoms with Crippen LogP contribution in [0.4, 0.5) is 11.4 Å². The van der Waals surface area contributed by atoms with Crippen molar-refractivity contribution in [2.45, 2.75) is 24.3 Å². The summed E-state index contributed by atoms with van der Waals surface area (Å²) < 4.78 is 33.4. The summed E-state index contributed by atoms with van der Waals surface area (Å²) in [4.78, 5) is 15.3. The quantitative estimate of drug-likeness (QED) is 0.505. The van der Waals surface area contributed by atoms with Crippen LogP contribution in [0.2, 0.25) is 0 Å². The number of ether oxygens (including phenoxy) is 1. The molecule has 0 unspecified atom stereocenters. The molecule has 1 N–H and O–H groups in total. The Bertz CT molecular complexity index is 1210. The van der Waals surface area contributed by atoms with Crippen molar-refractivity contribution in [3.8, 4) is 5.75 Å². The Labute approximate surface area is 201 Å². The lowest BCUT2D eigenvalue weighted by atomic mass is 10.2. The molecule has 1 amide bonds. The van der Waals surface area contributed by atoms with E-state index in [0.717, 1.165) is 23.0 Å². The van der Waals surface area contributed by atoms with Gasteiger partial charge >= 0.3 is 0 Å². The van der Waals surface area contributed by atoms with Crippen molar-refractivity contribution < 1.29 is 17.9 Å². The number of nitrogens with zero attached hydrogens (tertiary/aromatic N) is 2. The molecule has 0 aliphatic carbocycles. The minimum atomic E-state index is -3.99. The van der Waals surface area contributed by atoms with E-state index in [-0.39, 0.29) is 11.4 Å². The zero-order valence-corrected chi connectivity index (χ0v) is 20.0. The highest BCUT2D eigenvalue weighted by Crippen LogP contribution is 2.32. The highest BCUT2D eigenvalue weighted by atomic mass is 32.2. The fraction of sp³-hybridized carbons (Fsp3) is 0.269. The fourth-order valence-corrected chi connectivity index (χ4v) is 5.49. The van der Waals surface area contributed by atoms with Gasteiger partial charge in [0, 0.05) is 25.3 Å². The highest BCUT2D eigenvalue weighted by molar-refractivity contribution is 7.92. The van der Waals surface area contributed by atoms with Crippen LogP contribution in [0.1, 0.15) is 18.4 Å². The lowest BCUT2D eigenvalue weighted by Gasteiger charge is -2.25. The molecule has 3 aromatic rings. The first-order valence-electron chi connectivity index (χ1n) is 11.3. The topological polar surface area (TPSA) is 79.0 Å². The van der Waals surface area contributed by atoms with E-state index in [1.165, 1.54) is 37.8 Å². The van der Waals surface area contributed by atoms with Gasteiger partial charge in [0.15, 0.2) is 0 Å². The maximum absolute atomic E-state index is 13.5. The number of hydrogen-bond acceptors (Lipinski definition) is 5. The summed E-state index contributed by atoms with van der Waals surface area (Å²) in [6.07, 6.45) is 2.43. The van der Waals surface area contributed by atoms with E-state index >= 15 is 0 Å². The zero-order valence-electron chi connectivity index (χ0n) is 19.2. The maximum Gasteiger partial charge on any atom is 0.264 e. The third kappa shape index (κ3) is 5.34. The summed E-state index contributed by atoms with van der Waals surface area (Å²) in [6, 6.07) is 22.9. The average Bonchev–Trinajstić information content (AvgIpc) is 3.42. The van der Waals surface area contributed by atoms with Crippen LogP contribution < -0.4 is 19.3 Å². The first kappa shape index (κ1) is 23.6. The van der Waals surface area contributed by atoms with Gasteiger partial charge in [-0.1, -0.05) is 42.5 Å². The molecule has 0 bridgehead atoms. The van der Waals surface area contributed by atoms with Crippen LogP contribution in [-0.2, 0) is 21.4 Å². The Balaban J connectivity index is 1.50. The number of para-hydroxylation sites is 2. The molecule has 1 saturated heterocycles. The molecule has 0 atom stereocenters. The van der Waals surface area contributed by atoms with Crippen molar-refractivity contribution in [3.05, 3.63) is 84.4 Å². The first-order valence-corrected chi connectivity index (χ1v) is 12.7. The molecule has 34 heavy (non-hydrogen) atoms. The number of nitrogens with one attached hydrogen (secondary N) is 1. The van der Waals surface area contributed by atoms with E-state index in [4.69, 9.17) is 4.74 Å². The number of amides is 1. The van der Waals surface area contributed by atoms with Gasteiger partial charge in [-0.3, -0.25) is 9.10 Å². The van der Waals surface area contributed by atoms with Crippen LogP contribution in [0.15, 0.2) is 83.8 Å². The van der Waals surface area contributed by atoms with Gasteiger partial charge in [0.1, 0.15) is 12.3 Å². The molecule has 0 saturated carbocycles. The molecule has 0 aromatic heterocycles. The van der Waals surface area contributed by atoms with Crippen molar-refractivity contribution in [2.75, 3.05) is 35.9 Å². The minimum absolute atomic E-state index is 0.103. The molecular formula is C26H29N3O4S. The van der Waals surface area contributed by atoms with Gasteiger partial charge in [0.05, 0.1) is 17.7 Å². The third-order valence-electron chi connectivity index (χ3n) is 5.87. The molecule has 1 aliphatic rings. The summed E-state index contributed by atoms with van der Waals surface area (Å²) in [5.74, 6) is -0.0404. The second-order valence-electron chi connectivity index (χ2n) is 8.13. The van der Waals surface area contributed by atoms with E-state index in [1.54, 1.807) is 42.5 Å². The first-order chi connectivity index (χ1) is 16.5. The summed E-state index contributed by atoms with van der Waals surface area (Å²) in [5, 5.41) is 2.85. The monoisotopic (exact) mass is 479 g/mol. The molecule has 1 heterocycles. The van der Waals surface area contributed by atoms with Gasteiger partial charge in [-0.15, -0.1) is 0 Å². The van der Waals surface area contributed by atoms with E-state index < -0.39 is 15.9 Å². The molecule has 1 fully saturated rings. The summed E-state index contributed by atoms with van der Waals surface area (Å²) in [6.45, 7) is 2.09. The van der Waals surface area contributed by atoms with Gasteiger partial charge in [-0.25, -0.2) is 8.42 Å². The predicted molar refractivity (Wildman–Crippen MR) is 134 cm³/mol. The molecule has 0 spiro atoms. The van der Waals surface area contributed by atoms with E-state index in [0.29, 0.717) is 18.0 Å². The van der Waals surface area contributed by atoms with Gasteiger partial charge in [0.25, 0.3) is 10.0 Å². The third-order valence-corrected chi connectivity index (χ3v) is 7.64. The van der Waals surface area contributed by atoms with Gasteiger partial charge in [0.2, 0.25) is 5.91 Å². The Morgan fingerprint density at radius 2 is 1.59 bits per heavy atom. The zero-order chi connectivity index (χ0) is 24.0. The second-order valence-corrected chi connectivity index (χ2v) is 10.00. The Morgan fingerprint density at radius 3 is 2.26 bits per heavy atom. The van der Waals surface area contributed by atoms with Crippen LogP contribution in [0, 0.1) is 0 Å². The number of anilines is 2. The number of benzene rings is 3. The molecular weight excluding hydrogens is 450 g/mol. The Hall–Kier alpha value is -3.52. The van der Waals surface area contributed by atoms with Crippen LogP contribution in [-0.4, -0.2) is 41.1 Å². The lowest BCUT2D eigenvalue weighted by Crippen LogP contribution is -2.40. The van der Waals surface area contributed by atoms with Crippen LogP contribution in [0.5, 0.6) is 5.75 Å². The largest absolute Gasteiger partial charge is 0.495 e. The number of carbonyl (C=O) groups is 1. The number of methoxy groups -OCH3 is 1. The predicted octanol–water partition coefficient (Wildman–Crippen LogP) is 3.81. The normalized spacial score (nSPS) is 13.5.